The number of aryl methyl sites for hydroxylation is 1. The van der Waals surface area contributed by atoms with Crippen molar-refractivity contribution < 1.29 is 4.79 Å². The molecule has 5 nitrogen and oxygen atoms in total. The van der Waals surface area contributed by atoms with Crippen LogP contribution in [0.1, 0.15) is 12.5 Å². The quantitative estimate of drug-likeness (QED) is 0.482. The van der Waals surface area contributed by atoms with Gasteiger partial charge in [0, 0.05) is 33.7 Å². The molecule has 25 heavy (non-hydrogen) atoms. The molecule has 3 aromatic rings. The molecule has 7 heteroatoms. The van der Waals surface area contributed by atoms with E-state index in [1.54, 1.807) is 30.5 Å². The standard InChI is InChI=1S/C18H16Cl2N4O/c1-2-24-16-9-4-3-8-14(16)15(17(24)20)11-21-23-18(25)22-13-7-5-6-12(19)10-13/h3-11H,2H2,1H3,(H2,22,23,25). The number of rotatable bonds is 4. The molecule has 0 bridgehead atoms. The number of hydrogen-bond acceptors (Lipinski definition) is 2. The molecule has 0 radical (unpaired) electrons. The van der Waals surface area contributed by atoms with E-state index < -0.39 is 6.03 Å². The van der Waals surface area contributed by atoms with Gasteiger partial charge in [0.1, 0.15) is 5.15 Å². The smallest absolute Gasteiger partial charge is 0.331 e. The molecule has 0 aliphatic carbocycles. The van der Waals surface area contributed by atoms with Crippen molar-refractivity contribution in [1.82, 2.24) is 9.99 Å². The van der Waals surface area contributed by atoms with Crippen molar-refractivity contribution in [2.75, 3.05) is 5.32 Å². The number of nitrogens with one attached hydrogen (secondary N) is 2. The fourth-order valence-electron chi connectivity index (χ4n) is 2.61. The number of aromatic nitrogens is 1. The zero-order valence-electron chi connectivity index (χ0n) is 13.5. The SMILES string of the molecule is CCn1c(Cl)c(C=NNC(=O)Nc2cccc(Cl)c2)c2ccccc21. The van der Waals surface area contributed by atoms with E-state index in [4.69, 9.17) is 23.2 Å². The molecule has 0 saturated carbocycles. The van der Waals surface area contributed by atoms with Crippen LogP contribution < -0.4 is 10.7 Å². The third kappa shape index (κ3) is 3.78. The average Bonchev–Trinajstić information content (AvgIpc) is 2.86. The first-order chi connectivity index (χ1) is 12.1. The molecule has 0 atom stereocenters. The van der Waals surface area contributed by atoms with Crippen molar-refractivity contribution in [3.8, 4) is 0 Å². The summed E-state index contributed by atoms with van der Waals surface area (Å²) in [4.78, 5) is 11.9. The van der Waals surface area contributed by atoms with Gasteiger partial charge in [-0.2, -0.15) is 5.10 Å². The molecule has 0 saturated heterocycles. The van der Waals surface area contributed by atoms with Crippen LogP contribution in [-0.2, 0) is 6.54 Å². The van der Waals surface area contributed by atoms with Gasteiger partial charge < -0.3 is 9.88 Å². The number of carbonyl (C=O) groups is 1. The normalized spacial score (nSPS) is 11.2. The van der Waals surface area contributed by atoms with Crippen LogP contribution in [0.15, 0.2) is 53.6 Å². The molecule has 2 aromatic carbocycles. The largest absolute Gasteiger partial charge is 0.339 e. The van der Waals surface area contributed by atoms with Crippen molar-refractivity contribution in [2.45, 2.75) is 13.5 Å². The monoisotopic (exact) mass is 374 g/mol. The van der Waals surface area contributed by atoms with E-state index in [0.717, 1.165) is 23.0 Å². The Balaban J connectivity index is 1.75. The molecule has 0 unspecified atom stereocenters. The maximum atomic E-state index is 11.9. The van der Waals surface area contributed by atoms with E-state index in [-0.39, 0.29) is 0 Å². The lowest BCUT2D eigenvalue weighted by Gasteiger charge is -2.04. The number of nitrogens with zero attached hydrogens (tertiary/aromatic N) is 2. The fraction of sp³-hybridized carbons (Fsp3) is 0.111. The Morgan fingerprint density at radius 1 is 1.20 bits per heavy atom. The van der Waals surface area contributed by atoms with Crippen LogP contribution >= 0.6 is 23.2 Å². The minimum Gasteiger partial charge on any atom is -0.331 e. The van der Waals surface area contributed by atoms with Gasteiger partial charge in [0.25, 0.3) is 0 Å². The third-order valence-electron chi connectivity index (χ3n) is 3.70. The van der Waals surface area contributed by atoms with Gasteiger partial charge in [0.05, 0.1) is 6.21 Å². The Bertz CT molecular complexity index is 949. The van der Waals surface area contributed by atoms with Crippen molar-refractivity contribution >= 4 is 52.0 Å². The van der Waals surface area contributed by atoms with Gasteiger partial charge in [-0.3, -0.25) is 0 Å². The first-order valence-corrected chi connectivity index (χ1v) is 8.48. The average molecular weight is 375 g/mol. The molecule has 2 N–H and O–H groups in total. The summed E-state index contributed by atoms with van der Waals surface area (Å²) in [6, 6.07) is 14.3. The van der Waals surface area contributed by atoms with Crippen LogP contribution in [0.4, 0.5) is 10.5 Å². The summed E-state index contributed by atoms with van der Waals surface area (Å²) in [5.41, 5.74) is 4.80. The number of fused-ring (bicyclic) bond motifs is 1. The number of anilines is 1. The van der Waals surface area contributed by atoms with Crippen LogP contribution in [0.25, 0.3) is 10.9 Å². The first-order valence-electron chi connectivity index (χ1n) is 7.72. The van der Waals surface area contributed by atoms with Crippen LogP contribution in [0.3, 0.4) is 0 Å². The van der Waals surface area contributed by atoms with Gasteiger partial charge in [-0.1, -0.05) is 47.5 Å². The lowest BCUT2D eigenvalue weighted by molar-refractivity contribution is 0.252. The lowest BCUT2D eigenvalue weighted by atomic mass is 10.2. The van der Waals surface area contributed by atoms with Gasteiger partial charge >= 0.3 is 6.03 Å². The van der Waals surface area contributed by atoms with E-state index in [9.17, 15) is 4.79 Å². The summed E-state index contributed by atoms with van der Waals surface area (Å²) in [5.74, 6) is 0. The second-order valence-corrected chi connectivity index (χ2v) is 6.09. The lowest BCUT2D eigenvalue weighted by Crippen LogP contribution is -2.24. The summed E-state index contributed by atoms with van der Waals surface area (Å²) in [6.45, 7) is 2.77. The number of urea groups is 1. The third-order valence-corrected chi connectivity index (χ3v) is 4.35. The van der Waals surface area contributed by atoms with Crippen molar-refractivity contribution in [3.63, 3.8) is 0 Å². The molecule has 0 spiro atoms. The maximum Gasteiger partial charge on any atom is 0.339 e. The molecule has 1 aromatic heterocycles. The molecule has 0 aliphatic rings. The molecular formula is C18H16Cl2N4O. The highest BCUT2D eigenvalue weighted by atomic mass is 35.5. The molecule has 2 amide bonds. The summed E-state index contributed by atoms with van der Waals surface area (Å²) < 4.78 is 1.99. The van der Waals surface area contributed by atoms with E-state index >= 15 is 0 Å². The van der Waals surface area contributed by atoms with E-state index in [1.165, 1.54) is 0 Å². The van der Waals surface area contributed by atoms with E-state index in [1.807, 2.05) is 35.8 Å². The highest BCUT2D eigenvalue weighted by Crippen LogP contribution is 2.28. The zero-order chi connectivity index (χ0) is 17.8. The minimum absolute atomic E-state index is 0.464. The topological polar surface area (TPSA) is 58.4 Å². The number of halogens is 2. The number of para-hydroxylation sites is 1. The predicted octanol–water partition coefficient (Wildman–Crippen LogP) is 5.12. The summed E-state index contributed by atoms with van der Waals surface area (Å²) in [7, 11) is 0. The minimum atomic E-state index is -0.464. The summed E-state index contributed by atoms with van der Waals surface area (Å²) >= 11 is 12.3. The van der Waals surface area contributed by atoms with Gasteiger partial charge in [0.15, 0.2) is 0 Å². The van der Waals surface area contributed by atoms with Crippen molar-refractivity contribution in [3.05, 3.63) is 64.3 Å². The number of benzene rings is 2. The number of hydrazone groups is 1. The van der Waals surface area contributed by atoms with Crippen LogP contribution in [0.5, 0.6) is 0 Å². The predicted molar refractivity (Wildman–Crippen MR) is 104 cm³/mol. The Morgan fingerprint density at radius 2 is 2.00 bits per heavy atom. The fourth-order valence-corrected chi connectivity index (χ4v) is 3.16. The molecule has 1 heterocycles. The van der Waals surface area contributed by atoms with E-state index in [0.29, 0.717) is 15.9 Å². The maximum absolute atomic E-state index is 11.9. The molecular weight excluding hydrogens is 359 g/mol. The first kappa shape index (κ1) is 17.3. The number of amides is 2. The highest BCUT2D eigenvalue weighted by molar-refractivity contribution is 6.34. The van der Waals surface area contributed by atoms with Crippen LogP contribution in [0, 0.1) is 0 Å². The van der Waals surface area contributed by atoms with Gasteiger partial charge in [-0.05, 0) is 31.2 Å². The second kappa shape index (κ2) is 7.59. The summed E-state index contributed by atoms with van der Waals surface area (Å²) in [6.07, 6.45) is 1.55. The Labute approximate surface area is 155 Å². The van der Waals surface area contributed by atoms with Crippen molar-refractivity contribution in [2.24, 2.45) is 5.10 Å². The van der Waals surface area contributed by atoms with E-state index in [2.05, 4.69) is 15.8 Å². The van der Waals surface area contributed by atoms with Crippen LogP contribution in [-0.4, -0.2) is 16.8 Å². The highest BCUT2D eigenvalue weighted by Gasteiger charge is 2.12. The number of carbonyl (C=O) groups excluding carboxylic acids is 1. The van der Waals surface area contributed by atoms with Crippen LogP contribution in [0.2, 0.25) is 10.2 Å². The summed E-state index contributed by atoms with van der Waals surface area (Å²) in [5, 5.41) is 8.76. The van der Waals surface area contributed by atoms with Gasteiger partial charge in [-0.25, -0.2) is 10.2 Å². The Hall–Kier alpha value is -2.50. The number of hydrogen-bond donors (Lipinski definition) is 2. The van der Waals surface area contributed by atoms with Gasteiger partial charge in [-0.15, -0.1) is 0 Å². The molecule has 0 aliphatic heterocycles. The molecule has 3 rings (SSSR count). The Morgan fingerprint density at radius 3 is 2.76 bits per heavy atom. The zero-order valence-corrected chi connectivity index (χ0v) is 15.0. The molecule has 0 fully saturated rings. The van der Waals surface area contributed by atoms with Gasteiger partial charge in [0.2, 0.25) is 0 Å². The Kier molecular flexibility index (Phi) is 5.26. The molecule has 128 valence electrons. The second-order valence-electron chi connectivity index (χ2n) is 5.30. The van der Waals surface area contributed by atoms with Crippen molar-refractivity contribution in [1.29, 1.82) is 0 Å².